The Kier molecular flexibility index (Phi) is 5.74. The molecule has 1 atom stereocenters. The number of hydrogen-bond acceptors (Lipinski definition) is 6. The molecule has 0 fully saturated rings. The summed E-state index contributed by atoms with van der Waals surface area (Å²) in [7, 11) is 3.87. The van der Waals surface area contributed by atoms with Gasteiger partial charge in [-0.05, 0) is 38.7 Å². The third-order valence-corrected chi connectivity index (χ3v) is 4.15. The van der Waals surface area contributed by atoms with Gasteiger partial charge in [0.2, 0.25) is 5.13 Å². The van der Waals surface area contributed by atoms with Crippen LogP contribution < -0.4 is 5.32 Å². The Morgan fingerprint density at radius 3 is 2.59 bits per heavy atom. The van der Waals surface area contributed by atoms with E-state index in [0.717, 1.165) is 27.1 Å². The lowest BCUT2D eigenvalue weighted by molar-refractivity contribution is 0.0459. The number of benzene rings is 1. The third kappa shape index (κ3) is 5.53. The molecule has 0 saturated heterocycles. The Hall–Kier alpha value is -1.21. The van der Waals surface area contributed by atoms with Crippen LogP contribution in [0.4, 0.5) is 5.13 Å². The van der Waals surface area contributed by atoms with Crippen molar-refractivity contribution in [2.75, 3.05) is 32.5 Å². The van der Waals surface area contributed by atoms with E-state index >= 15 is 0 Å². The quantitative estimate of drug-likeness (QED) is 0.811. The first-order chi connectivity index (χ1) is 10.3. The fourth-order valence-electron chi connectivity index (χ4n) is 2.18. The summed E-state index contributed by atoms with van der Waals surface area (Å²) in [6.45, 7) is 2.81. The van der Waals surface area contributed by atoms with Gasteiger partial charge in [0.25, 0.3) is 0 Å². The van der Waals surface area contributed by atoms with Gasteiger partial charge in [-0.15, -0.1) is 10.2 Å². The number of hydrogen-bond donors (Lipinski definition) is 2. The number of rotatable bonds is 7. The second kappa shape index (κ2) is 7.37. The molecule has 1 heterocycles. The van der Waals surface area contributed by atoms with Gasteiger partial charge < -0.3 is 15.3 Å². The molecule has 1 aromatic carbocycles. The maximum absolute atomic E-state index is 10.3. The molecule has 22 heavy (non-hydrogen) atoms. The lowest BCUT2D eigenvalue weighted by atomic mass is 10.1. The number of aromatic nitrogens is 2. The summed E-state index contributed by atoms with van der Waals surface area (Å²) in [5.41, 5.74) is 0.331. The zero-order valence-corrected chi connectivity index (χ0v) is 14.6. The van der Waals surface area contributed by atoms with E-state index in [-0.39, 0.29) is 0 Å². The molecule has 5 nitrogen and oxygen atoms in total. The van der Waals surface area contributed by atoms with Crippen LogP contribution in [0.1, 0.15) is 17.5 Å². The standard InChI is InChI=1S/C15H21ClN4OS/c1-15(21,10-20(2)3)9-17-14-19-18-13(22-14)8-11-4-6-12(16)7-5-11/h4-7,21H,8-10H2,1-3H3,(H,17,19). The topological polar surface area (TPSA) is 61.3 Å². The Morgan fingerprint density at radius 2 is 1.95 bits per heavy atom. The Bertz CT molecular complexity index is 598. The highest BCUT2D eigenvalue weighted by Gasteiger charge is 2.21. The molecule has 1 unspecified atom stereocenters. The smallest absolute Gasteiger partial charge is 0.205 e. The largest absolute Gasteiger partial charge is 0.387 e. The molecule has 0 aliphatic rings. The molecule has 0 spiro atoms. The van der Waals surface area contributed by atoms with Crippen molar-refractivity contribution in [1.82, 2.24) is 15.1 Å². The molecule has 2 rings (SSSR count). The van der Waals surface area contributed by atoms with Gasteiger partial charge in [-0.1, -0.05) is 35.1 Å². The van der Waals surface area contributed by atoms with Gasteiger partial charge in [0.05, 0.1) is 5.60 Å². The van der Waals surface area contributed by atoms with Crippen LogP contribution in [0, 0.1) is 0 Å². The number of likely N-dealkylation sites (N-methyl/N-ethyl adjacent to an activating group) is 1. The molecular weight excluding hydrogens is 320 g/mol. The molecule has 0 aliphatic carbocycles. The fourth-order valence-corrected chi connectivity index (χ4v) is 3.07. The monoisotopic (exact) mass is 340 g/mol. The van der Waals surface area contributed by atoms with Crippen molar-refractivity contribution in [2.24, 2.45) is 0 Å². The Morgan fingerprint density at radius 1 is 1.27 bits per heavy atom. The zero-order valence-electron chi connectivity index (χ0n) is 13.0. The van der Waals surface area contributed by atoms with Gasteiger partial charge in [0.1, 0.15) is 5.01 Å². The van der Waals surface area contributed by atoms with E-state index in [1.54, 1.807) is 6.92 Å². The van der Waals surface area contributed by atoms with E-state index in [2.05, 4.69) is 15.5 Å². The van der Waals surface area contributed by atoms with Gasteiger partial charge in [-0.2, -0.15) is 0 Å². The highest BCUT2D eigenvalue weighted by Crippen LogP contribution is 2.20. The van der Waals surface area contributed by atoms with Gasteiger partial charge in [-0.3, -0.25) is 0 Å². The second-order valence-corrected chi connectivity index (χ2v) is 7.39. The summed E-state index contributed by atoms with van der Waals surface area (Å²) in [6, 6.07) is 7.71. The number of aliphatic hydroxyl groups is 1. The van der Waals surface area contributed by atoms with Crippen LogP contribution in [-0.4, -0.2) is 53.0 Å². The lowest BCUT2D eigenvalue weighted by Gasteiger charge is -2.26. The van der Waals surface area contributed by atoms with Crippen LogP contribution >= 0.6 is 22.9 Å². The van der Waals surface area contributed by atoms with Crippen molar-refractivity contribution < 1.29 is 5.11 Å². The fraction of sp³-hybridized carbons (Fsp3) is 0.467. The van der Waals surface area contributed by atoms with Gasteiger partial charge >= 0.3 is 0 Å². The van der Waals surface area contributed by atoms with Crippen LogP contribution in [-0.2, 0) is 6.42 Å². The third-order valence-electron chi connectivity index (χ3n) is 3.01. The maximum atomic E-state index is 10.3. The summed E-state index contributed by atoms with van der Waals surface area (Å²) in [5, 5.41) is 24.1. The Labute approximate surface area is 139 Å². The second-order valence-electron chi connectivity index (χ2n) is 5.89. The highest BCUT2D eigenvalue weighted by atomic mass is 35.5. The van der Waals surface area contributed by atoms with E-state index in [1.165, 1.54) is 11.3 Å². The van der Waals surface area contributed by atoms with E-state index in [9.17, 15) is 5.11 Å². The molecule has 2 N–H and O–H groups in total. The summed E-state index contributed by atoms with van der Waals surface area (Å²) in [6.07, 6.45) is 0.727. The number of nitrogens with one attached hydrogen (secondary N) is 1. The van der Waals surface area contributed by atoms with Crippen LogP contribution in [0.3, 0.4) is 0 Å². The minimum Gasteiger partial charge on any atom is -0.387 e. The van der Waals surface area contributed by atoms with Gasteiger partial charge in [0.15, 0.2) is 0 Å². The molecule has 0 aliphatic heterocycles. The van der Waals surface area contributed by atoms with E-state index in [0.29, 0.717) is 13.1 Å². The molecule has 0 saturated carbocycles. The molecule has 120 valence electrons. The van der Waals surface area contributed by atoms with Crippen LogP contribution in [0.5, 0.6) is 0 Å². The summed E-state index contributed by atoms with van der Waals surface area (Å²) < 4.78 is 0. The minimum atomic E-state index is -0.814. The summed E-state index contributed by atoms with van der Waals surface area (Å²) >= 11 is 7.38. The average Bonchev–Trinajstić information content (AvgIpc) is 2.86. The summed E-state index contributed by atoms with van der Waals surface area (Å²) in [4.78, 5) is 1.95. The van der Waals surface area contributed by atoms with Crippen LogP contribution in [0.15, 0.2) is 24.3 Å². The predicted molar refractivity (Wildman–Crippen MR) is 91.8 cm³/mol. The van der Waals surface area contributed by atoms with Gasteiger partial charge in [0, 0.05) is 24.5 Å². The molecule has 7 heteroatoms. The van der Waals surface area contributed by atoms with Crippen LogP contribution in [0.25, 0.3) is 0 Å². The van der Waals surface area contributed by atoms with E-state index in [1.807, 2.05) is 43.3 Å². The zero-order chi connectivity index (χ0) is 16.2. The van der Waals surface area contributed by atoms with E-state index in [4.69, 9.17) is 11.6 Å². The Balaban J connectivity index is 1.90. The SMILES string of the molecule is CN(C)CC(C)(O)CNc1nnc(Cc2ccc(Cl)cc2)s1. The minimum absolute atomic E-state index is 0.431. The first kappa shape index (κ1) is 17.1. The molecular formula is C15H21ClN4OS. The lowest BCUT2D eigenvalue weighted by Crippen LogP contribution is -2.43. The number of anilines is 1. The van der Waals surface area contributed by atoms with Crippen molar-refractivity contribution >= 4 is 28.1 Å². The number of nitrogens with zero attached hydrogens (tertiary/aromatic N) is 3. The maximum Gasteiger partial charge on any atom is 0.205 e. The average molecular weight is 341 g/mol. The van der Waals surface area contributed by atoms with E-state index < -0.39 is 5.60 Å². The molecule has 0 radical (unpaired) electrons. The van der Waals surface area contributed by atoms with Crippen molar-refractivity contribution in [1.29, 1.82) is 0 Å². The highest BCUT2D eigenvalue weighted by molar-refractivity contribution is 7.15. The summed E-state index contributed by atoms with van der Waals surface area (Å²) in [5.74, 6) is 0. The first-order valence-electron chi connectivity index (χ1n) is 7.02. The molecule has 1 aromatic heterocycles. The number of halogens is 1. The van der Waals surface area contributed by atoms with Crippen molar-refractivity contribution in [3.8, 4) is 0 Å². The predicted octanol–water partition coefficient (Wildman–Crippen LogP) is 2.51. The first-order valence-corrected chi connectivity index (χ1v) is 8.21. The van der Waals surface area contributed by atoms with Crippen molar-refractivity contribution in [3.05, 3.63) is 39.9 Å². The molecule has 0 amide bonds. The van der Waals surface area contributed by atoms with Crippen molar-refractivity contribution in [2.45, 2.75) is 18.9 Å². The normalized spacial score (nSPS) is 14.1. The molecule has 0 bridgehead atoms. The van der Waals surface area contributed by atoms with Crippen molar-refractivity contribution in [3.63, 3.8) is 0 Å². The molecule has 2 aromatic rings. The van der Waals surface area contributed by atoms with Crippen LogP contribution in [0.2, 0.25) is 5.02 Å². The van der Waals surface area contributed by atoms with Gasteiger partial charge in [-0.25, -0.2) is 0 Å².